The number of imidazole rings is 1. The van der Waals surface area contributed by atoms with Crippen molar-refractivity contribution in [2.24, 2.45) is 5.92 Å². The van der Waals surface area contributed by atoms with Crippen LogP contribution < -0.4 is 5.32 Å². The van der Waals surface area contributed by atoms with Crippen LogP contribution in [0.5, 0.6) is 0 Å². The Kier molecular flexibility index (Phi) is 4.77. The molecule has 2 N–H and O–H groups in total. The molecule has 8 rings (SSSR count). The van der Waals surface area contributed by atoms with Crippen LogP contribution in [0.25, 0.3) is 22.3 Å². The Labute approximate surface area is 208 Å². The van der Waals surface area contributed by atoms with Gasteiger partial charge in [0.15, 0.2) is 5.82 Å². The first kappa shape index (κ1) is 21.9. The highest BCUT2D eigenvalue weighted by atomic mass is 35.5. The summed E-state index contributed by atoms with van der Waals surface area (Å²) in [5.74, 6) is 1.82. The number of benzene rings is 1. The highest BCUT2D eigenvalue weighted by molar-refractivity contribution is 6.33. The van der Waals surface area contributed by atoms with Gasteiger partial charge < -0.3 is 19.7 Å². The molecular formula is C26H29ClFN5O2. The minimum atomic E-state index is -0.624. The Morgan fingerprint density at radius 1 is 1.23 bits per heavy atom. The van der Waals surface area contributed by atoms with E-state index >= 15 is 4.39 Å². The lowest BCUT2D eigenvalue weighted by molar-refractivity contribution is -0.0811. The number of anilines is 1. The highest BCUT2D eigenvalue weighted by Crippen LogP contribution is 2.65. The van der Waals surface area contributed by atoms with Gasteiger partial charge >= 0.3 is 0 Å². The maximum absolute atomic E-state index is 15.4. The molecule has 7 nitrogen and oxygen atoms in total. The average Bonchev–Trinajstić information content (AvgIpc) is 3.33. The van der Waals surface area contributed by atoms with Crippen molar-refractivity contribution < 1.29 is 14.2 Å². The van der Waals surface area contributed by atoms with Crippen LogP contribution in [0, 0.1) is 11.7 Å². The number of halogens is 2. The van der Waals surface area contributed by atoms with E-state index in [4.69, 9.17) is 21.3 Å². The van der Waals surface area contributed by atoms with Crippen molar-refractivity contribution in [3.8, 4) is 11.3 Å². The summed E-state index contributed by atoms with van der Waals surface area (Å²) in [6.45, 7) is 4.24. The monoisotopic (exact) mass is 497 g/mol. The van der Waals surface area contributed by atoms with Crippen LogP contribution >= 0.6 is 11.6 Å². The van der Waals surface area contributed by atoms with E-state index in [1.807, 2.05) is 6.07 Å². The fourth-order valence-electron chi connectivity index (χ4n) is 6.73. The first-order chi connectivity index (χ1) is 16.8. The summed E-state index contributed by atoms with van der Waals surface area (Å²) in [5.41, 5.74) is 2.35. The number of aliphatic hydroxyl groups excluding tert-OH is 1. The number of aromatic nitrogens is 4. The molecule has 0 amide bonds. The molecule has 3 unspecified atom stereocenters. The molecule has 5 aliphatic rings. The molecule has 0 radical (unpaired) electrons. The summed E-state index contributed by atoms with van der Waals surface area (Å²) >= 11 is 6.51. The molecule has 4 heterocycles. The Bertz CT molecular complexity index is 1330. The van der Waals surface area contributed by atoms with E-state index in [0.717, 1.165) is 49.4 Å². The molecule has 3 saturated carbocycles. The van der Waals surface area contributed by atoms with Crippen molar-refractivity contribution in [3.05, 3.63) is 35.0 Å². The summed E-state index contributed by atoms with van der Waals surface area (Å²) < 4.78 is 23.4. The summed E-state index contributed by atoms with van der Waals surface area (Å²) in [6, 6.07) is 3.37. The summed E-state index contributed by atoms with van der Waals surface area (Å²) in [5, 5.41) is 14.3. The van der Waals surface area contributed by atoms with Gasteiger partial charge in [0.1, 0.15) is 17.4 Å². The zero-order valence-corrected chi connectivity index (χ0v) is 20.6. The maximum atomic E-state index is 15.4. The van der Waals surface area contributed by atoms with Crippen molar-refractivity contribution in [2.75, 3.05) is 5.32 Å². The predicted molar refractivity (Wildman–Crippen MR) is 131 cm³/mol. The third kappa shape index (κ3) is 3.26. The lowest BCUT2D eigenvalue weighted by Gasteiger charge is -2.61. The van der Waals surface area contributed by atoms with Gasteiger partial charge in [-0.2, -0.15) is 0 Å². The second-order valence-electron chi connectivity index (χ2n) is 11.2. The quantitative estimate of drug-likeness (QED) is 0.515. The number of hydrogen-bond donors (Lipinski definition) is 2. The molecule has 3 aliphatic carbocycles. The topological polar surface area (TPSA) is 85.1 Å². The van der Waals surface area contributed by atoms with E-state index in [1.165, 1.54) is 12.3 Å². The van der Waals surface area contributed by atoms with E-state index in [2.05, 4.69) is 33.7 Å². The first-order valence-corrected chi connectivity index (χ1v) is 13.0. The molecule has 35 heavy (non-hydrogen) atoms. The van der Waals surface area contributed by atoms with Gasteiger partial charge in [-0.1, -0.05) is 11.6 Å². The average molecular weight is 498 g/mol. The standard InChI is InChI=1S/C26H29ClFN5O2/c1-12(2)33-19-6-14(5-17(28)22(19)31-24(33)26-8-13(9-26)10-26)21-16(27)11-29-25(32-21)30-18-7-15-3-4-20(35-15)23(18)34/h5-6,11-13,15,18,20,23,34H,3-4,7-10H2,1-2H3,(H,29,30,32)/t13?,15-,18?,20?,23?,26?/m1/s1. The molecule has 9 heteroatoms. The van der Waals surface area contributed by atoms with Crippen LogP contribution in [0.4, 0.5) is 10.3 Å². The Morgan fingerprint density at radius 3 is 2.74 bits per heavy atom. The van der Waals surface area contributed by atoms with E-state index < -0.39 is 6.10 Å². The fraction of sp³-hybridized carbons (Fsp3) is 0.577. The SMILES string of the molecule is CC(C)n1c(C23CC(C2)C3)nc2c(F)cc(-c3nc(NC4C[C@H]5CCC(O5)C4O)ncc3Cl)cc21. The first-order valence-electron chi connectivity index (χ1n) is 12.7. The molecule has 2 saturated heterocycles. The predicted octanol–water partition coefficient (Wildman–Crippen LogP) is 5.01. The molecule has 184 valence electrons. The summed E-state index contributed by atoms with van der Waals surface area (Å²) in [6.07, 6.45) is 6.89. The second-order valence-corrected chi connectivity index (χ2v) is 11.6. The van der Waals surface area contributed by atoms with Crippen molar-refractivity contribution in [2.45, 2.75) is 88.2 Å². The number of nitrogens with zero attached hydrogens (tertiary/aromatic N) is 4. The number of fused-ring (bicyclic) bond motifs is 3. The van der Waals surface area contributed by atoms with E-state index in [-0.39, 0.29) is 35.5 Å². The third-order valence-corrected chi connectivity index (χ3v) is 8.84. The van der Waals surface area contributed by atoms with Crippen molar-refractivity contribution in [1.82, 2.24) is 19.5 Å². The number of nitrogens with one attached hydrogen (secondary N) is 1. The molecule has 5 fully saturated rings. The normalized spacial score (nSPS) is 33.1. The second kappa shape index (κ2) is 7.60. The molecule has 1 aromatic carbocycles. The molecule has 4 atom stereocenters. The number of hydrogen-bond acceptors (Lipinski definition) is 6. The lowest BCUT2D eigenvalue weighted by atomic mass is 9.44. The Hall–Kier alpha value is -2.29. The molecule has 2 aliphatic heterocycles. The van der Waals surface area contributed by atoms with Gasteiger partial charge in [-0.05, 0) is 70.4 Å². The van der Waals surface area contributed by atoms with Crippen molar-refractivity contribution in [1.29, 1.82) is 0 Å². The third-order valence-electron chi connectivity index (χ3n) is 8.56. The zero-order chi connectivity index (χ0) is 24.1. The minimum Gasteiger partial charge on any atom is -0.388 e. The zero-order valence-electron chi connectivity index (χ0n) is 19.8. The molecule has 2 aromatic heterocycles. The van der Waals surface area contributed by atoms with Crippen molar-refractivity contribution >= 4 is 28.6 Å². The highest BCUT2D eigenvalue weighted by Gasteiger charge is 2.60. The van der Waals surface area contributed by atoms with Gasteiger partial charge in [0.05, 0.1) is 40.7 Å². The Morgan fingerprint density at radius 2 is 2.03 bits per heavy atom. The molecular weight excluding hydrogens is 469 g/mol. The van der Waals surface area contributed by atoms with E-state index in [9.17, 15) is 5.11 Å². The van der Waals surface area contributed by atoms with Crippen LogP contribution in [-0.4, -0.2) is 49.0 Å². The van der Waals surface area contributed by atoms with Gasteiger partial charge in [0, 0.05) is 17.0 Å². The number of rotatable bonds is 5. The van der Waals surface area contributed by atoms with Crippen LogP contribution in [0.15, 0.2) is 18.3 Å². The summed E-state index contributed by atoms with van der Waals surface area (Å²) in [4.78, 5) is 13.8. The van der Waals surface area contributed by atoms with Crippen LogP contribution in [0.3, 0.4) is 0 Å². The van der Waals surface area contributed by atoms with Crippen LogP contribution in [-0.2, 0) is 10.2 Å². The maximum Gasteiger partial charge on any atom is 0.223 e. The van der Waals surface area contributed by atoms with Gasteiger partial charge in [0.25, 0.3) is 0 Å². The molecule has 4 bridgehead atoms. The van der Waals surface area contributed by atoms with E-state index in [1.54, 1.807) is 0 Å². The number of aliphatic hydroxyl groups is 1. The van der Waals surface area contributed by atoms with Gasteiger partial charge in [-0.15, -0.1) is 0 Å². The lowest BCUT2D eigenvalue weighted by Crippen LogP contribution is -2.56. The summed E-state index contributed by atoms with van der Waals surface area (Å²) in [7, 11) is 0. The number of ether oxygens (including phenoxy) is 1. The minimum absolute atomic E-state index is 0.119. The molecule has 3 aromatic rings. The van der Waals surface area contributed by atoms with Crippen molar-refractivity contribution in [3.63, 3.8) is 0 Å². The van der Waals surface area contributed by atoms with Gasteiger partial charge in [-0.3, -0.25) is 0 Å². The van der Waals surface area contributed by atoms with Gasteiger partial charge in [0.2, 0.25) is 5.95 Å². The van der Waals surface area contributed by atoms with Crippen LogP contribution in [0.1, 0.15) is 64.2 Å². The van der Waals surface area contributed by atoms with Crippen LogP contribution in [0.2, 0.25) is 5.02 Å². The van der Waals surface area contributed by atoms with E-state index in [0.29, 0.717) is 34.2 Å². The van der Waals surface area contributed by atoms with Gasteiger partial charge in [-0.25, -0.2) is 19.3 Å². The molecule has 0 spiro atoms. The fourth-order valence-corrected chi connectivity index (χ4v) is 6.93. The Balaban J connectivity index is 1.27. The smallest absolute Gasteiger partial charge is 0.223 e. The largest absolute Gasteiger partial charge is 0.388 e.